The molecule has 0 bridgehead atoms. The summed E-state index contributed by atoms with van der Waals surface area (Å²) in [6, 6.07) is 0. The summed E-state index contributed by atoms with van der Waals surface area (Å²) in [5.74, 6) is 0. The van der Waals surface area contributed by atoms with Gasteiger partial charge in [0.25, 0.3) is 11.1 Å². The zero-order chi connectivity index (χ0) is 14.2. The molecular formula is C13H16N4O2. The molecule has 0 aliphatic heterocycles. The van der Waals surface area contributed by atoms with Gasteiger partial charge < -0.3 is 0 Å². The van der Waals surface area contributed by atoms with E-state index in [4.69, 9.17) is 0 Å². The third-order valence-electron chi connectivity index (χ3n) is 2.96. The Kier molecular flexibility index (Phi) is 3.16. The SMILES string of the molecule is C=c1[nH]n(C)c(=O)c1=CC=Cc1c(C)[nH]n(C)c1=O. The van der Waals surface area contributed by atoms with Gasteiger partial charge in [0, 0.05) is 19.8 Å². The Morgan fingerprint density at radius 1 is 1.11 bits per heavy atom. The summed E-state index contributed by atoms with van der Waals surface area (Å²) in [6.45, 7) is 5.58. The molecule has 0 spiro atoms. The maximum Gasteiger partial charge on any atom is 0.274 e. The highest BCUT2D eigenvalue weighted by Gasteiger charge is 2.04. The molecule has 2 rings (SSSR count). The summed E-state index contributed by atoms with van der Waals surface area (Å²) in [5.41, 5.74) is 1.12. The zero-order valence-corrected chi connectivity index (χ0v) is 11.2. The number of aromatic amines is 2. The van der Waals surface area contributed by atoms with E-state index in [2.05, 4.69) is 16.8 Å². The minimum atomic E-state index is -0.145. The summed E-state index contributed by atoms with van der Waals surface area (Å²) >= 11 is 0. The third-order valence-corrected chi connectivity index (χ3v) is 2.96. The number of nitrogens with zero attached hydrogens (tertiary/aromatic N) is 2. The van der Waals surface area contributed by atoms with Crippen LogP contribution in [-0.2, 0) is 14.1 Å². The fourth-order valence-corrected chi connectivity index (χ4v) is 1.94. The van der Waals surface area contributed by atoms with Crippen molar-refractivity contribution in [2.45, 2.75) is 6.92 Å². The van der Waals surface area contributed by atoms with E-state index in [1.54, 1.807) is 32.3 Å². The van der Waals surface area contributed by atoms with Gasteiger partial charge in [-0.25, -0.2) is 0 Å². The zero-order valence-electron chi connectivity index (χ0n) is 11.2. The first-order chi connectivity index (χ1) is 8.91. The first-order valence-corrected chi connectivity index (χ1v) is 5.79. The monoisotopic (exact) mass is 260 g/mol. The van der Waals surface area contributed by atoms with E-state index in [1.165, 1.54) is 9.36 Å². The Morgan fingerprint density at radius 2 is 1.74 bits per heavy atom. The molecule has 0 amide bonds. The van der Waals surface area contributed by atoms with Gasteiger partial charge in [-0.05, 0) is 19.1 Å². The first kappa shape index (κ1) is 12.9. The average Bonchev–Trinajstić information content (AvgIpc) is 2.72. The lowest BCUT2D eigenvalue weighted by atomic mass is 10.2. The summed E-state index contributed by atoms with van der Waals surface area (Å²) in [7, 11) is 3.29. The Hall–Kier alpha value is -2.50. The summed E-state index contributed by atoms with van der Waals surface area (Å²) < 4.78 is 2.78. The van der Waals surface area contributed by atoms with Gasteiger partial charge in [0.05, 0.1) is 16.1 Å². The fourth-order valence-electron chi connectivity index (χ4n) is 1.94. The van der Waals surface area contributed by atoms with Crippen molar-refractivity contribution in [1.82, 2.24) is 19.6 Å². The van der Waals surface area contributed by atoms with Gasteiger partial charge in [-0.15, -0.1) is 0 Å². The quantitative estimate of drug-likeness (QED) is 0.723. The lowest BCUT2D eigenvalue weighted by Crippen LogP contribution is -2.33. The van der Waals surface area contributed by atoms with Crippen molar-refractivity contribution in [2.75, 3.05) is 0 Å². The normalized spacial score (nSPS) is 12.7. The molecule has 2 aromatic rings. The largest absolute Gasteiger partial charge is 0.300 e. The van der Waals surface area contributed by atoms with Crippen LogP contribution >= 0.6 is 0 Å². The van der Waals surface area contributed by atoms with Crippen molar-refractivity contribution >= 4 is 18.7 Å². The molecule has 2 N–H and O–H groups in total. The summed E-state index contributed by atoms with van der Waals surface area (Å²) in [5, 5.41) is 6.75. The van der Waals surface area contributed by atoms with Gasteiger partial charge in [0.15, 0.2) is 0 Å². The van der Waals surface area contributed by atoms with Crippen LogP contribution in [0.25, 0.3) is 18.7 Å². The number of hydrogen-bond acceptors (Lipinski definition) is 2. The van der Waals surface area contributed by atoms with E-state index >= 15 is 0 Å². The van der Waals surface area contributed by atoms with Crippen molar-refractivity contribution in [3.8, 4) is 0 Å². The minimum absolute atomic E-state index is 0.0982. The van der Waals surface area contributed by atoms with Gasteiger partial charge >= 0.3 is 0 Å². The van der Waals surface area contributed by atoms with Crippen molar-refractivity contribution < 1.29 is 0 Å². The predicted octanol–water partition coefficient (Wildman–Crippen LogP) is -1.05. The third kappa shape index (κ3) is 2.24. The molecule has 2 heterocycles. The minimum Gasteiger partial charge on any atom is -0.300 e. The van der Waals surface area contributed by atoms with E-state index in [0.29, 0.717) is 16.1 Å². The van der Waals surface area contributed by atoms with Gasteiger partial charge in [-0.3, -0.25) is 29.2 Å². The van der Waals surface area contributed by atoms with Crippen LogP contribution in [0.5, 0.6) is 0 Å². The summed E-state index contributed by atoms with van der Waals surface area (Å²) in [4.78, 5) is 23.5. The highest BCUT2D eigenvalue weighted by atomic mass is 16.1. The molecule has 0 unspecified atom stereocenters. The predicted molar refractivity (Wildman–Crippen MR) is 75.1 cm³/mol. The maximum atomic E-state index is 11.8. The van der Waals surface area contributed by atoms with Crippen LogP contribution in [0.2, 0.25) is 0 Å². The molecule has 0 aliphatic rings. The fraction of sp³-hybridized carbons (Fsp3) is 0.231. The Labute approximate surface area is 109 Å². The van der Waals surface area contributed by atoms with Gasteiger partial charge in [-0.2, -0.15) is 0 Å². The molecule has 19 heavy (non-hydrogen) atoms. The molecule has 6 nitrogen and oxygen atoms in total. The van der Waals surface area contributed by atoms with Gasteiger partial charge in [0.1, 0.15) is 0 Å². The number of hydrogen-bond donors (Lipinski definition) is 2. The maximum absolute atomic E-state index is 11.8. The van der Waals surface area contributed by atoms with Crippen LogP contribution in [-0.4, -0.2) is 19.6 Å². The van der Waals surface area contributed by atoms with E-state index in [1.807, 2.05) is 6.92 Å². The van der Waals surface area contributed by atoms with E-state index < -0.39 is 0 Å². The summed E-state index contributed by atoms with van der Waals surface area (Å²) in [6.07, 6.45) is 5.00. The molecule has 0 aliphatic carbocycles. The van der Waals surface area contributed by atoms with Crippen molar-refractivity contribution in [3.05, 3.63) is 48.6 Å². The molecule has 0 saturated heterocycles. The van der Waals surface area contributed by atoms with Crippen molar-refractivity contribution in [3.63, 3.8) is 0 Å². The molecule has 0 aromatic carbocycles. The molecule has 0 radical (unpaired) electrons. The van der Waals surface area contributed by atoms with Crippen LogP contribution in [0.4, 0.5) is 0 Å². The number of aromatic nitrogens is 4. The van der Waals surface area contributed by atoms with Crippen LogP contribution in [0.15, 0.2) is 15.7 Å². The van der Waals surface area contributed by atoms with Crippen LogP contribution in [0.1, 0.15) is 11.3 Å². The average molecular weight is 260 g/mol. The van der Waals surface area contributed by atoms with Gasteiger partial charge in [0.2, 0.25) is 0 Å². The Morgan fingerprint density at radius 3 is 2.21 bits per heavy atom. The van der Waals surface area contributed by atoms with E-state index in [-0.39, 0.29) is 11.1 Å². The molecule has 0 saturated carbocycles. The highest BCUT2D eigenvalue weighted by molar-refractivity contribution is 5.58. The van der Waals surface area contributed by atoms with Crippen molar-refractivity contribution in [1.29, 1.82) is 0 Å². The lowest BCUT2D eigenvalue weighted by Gasteiger charge is -1.84. The molecule has 2 aromatic heterocycles. The van der Waals surface area contributed by atoms with Crippen LogP contribution in [0, 0.1) is 6.92 Å². The van der Waals surface area contributed by atoms with E-state index in [0.717, 1.165) is 5.69 Å². The number of aryl methyl sites for hydroxylation is 3. The Balaban J connectivity index is 2.48. The van der Waals surface area contributed by atoms with Crippen LogP contribution < -0.4 is 21.7 Å². The molecule has 6 heteroatoms. The molecule has 0 fully saturated rings. The smallest absolute Gasteiger partial charge is 0.274 e. The Bertz CT molecular complexity index is 858. The second kappa shape index (κ2) is 4.64. The number of rotatable bonds is 2. The molecule has 100 valence electrons. The number of nitrogens with one attached hydrogen (secondary N) is 2. The lowest BCUT2D eigenvalue weighted by molar-refractivity contribution is 0.731. The van der Waals surface area contributed by atoms with Crippen molar-refractivity contribution in [2.24, 2.45) is 14.1 Å². The van der Waals surface area contributed by atoms with Crippen LogP contribution in [0.3, 0.4) is 0 Å². The molecular weight excluding hydrogens is 244 g/mol. The van der Waals surface area contributed by atoms with E-state index in [9.17, 15) is 9.59 Å². The second-order valence-corrected chi connectivity index (χ2v) is 4.41. The highest BCUT2D eigenvalue weighted by Crippen LogP contribution is 2.00. The standard InChI is InChI=1S/C13H16N4O2/c1-8-10(12(18)16(3)14-8)6-5-7-11-9(2)15-17(4)13(11)19/h5-7,14-15H,1H2,2-4H3. The number of allylic oxidation sites excluding steroid dienone is 1. The first-order valence-electron chi connectivity index (χ1n) is 5.79. The van der Waals surface area contributed by atoms with Gasteiger partial charge in [-0.1, -0.05) is 12.7 Å². The molecule has 0 atom stereocenters. The number of H-pyrrole nitrogens is 2. The topological polar surface area (TPSA) is 75.6 Å². The second-order valence-electron chi connectivity index (χ2n) is 4.41.